The number of rotatable bonds is 0. The molecule has 0 saturated carbocycles. The Hall–Kier alpha value is -1.02. The van der Waals surface area contributed by atoms with E-state index in [2.05, 4.69) is 39.8 Å². The summed E-state index contributed by atoms with van der Waals surface area (Å²) in [4.78, 5) is 0. The Balaban J connectivity index is 2.62. The summed E-state index contributed by atoms with van der Waals surface area (Å²) in [5.41, 5.74) is 9.81. The SMILES string of the molecule is Cc1cc2c(c(C(C)(C)C)c1)OCC2N. The first-order valence-electron chi connectivity index (χ1n) is 5.43. The average molecular weight is 205 g/mol. The van der Waals surface area contributed by atoms with Crippen LogP contribution in [0.5, 0.6) is 5.75 Å². The quantitative estimate of drug-likeness (QED) is 0.706. The standard InChI is InChI=1S/C13H19NO/c1-8-5-9-11(14)7-15-12(9)10(6-8)13(2,3)4/h5-6,11H,7,14H2,1-4H3. The summed E-state index contributed by atoms with van der Waals surface area (Å²) in [6, 6.07) is 4.39. The van der Waals surface area contributed by atoms with Crippen molar-refractivity contribution < 1.29 is 4.74 Å². The normalized spacial score (nSPS) is 19.9. The maximum Gasteiger partial charge on any atom is 0.128 e. The Morgan fingerprint density at radius 1 is 1.33 bits per heavy atom. The Kier molecular flexibility index (Phi) is 2.27. The third kappa shape index (κ3) is 1.74. The summed E-state index contributed by atoms with van der Waals surface area (Å²) in [5.74, 6) is 1.01. The minimum Gasteiger partial charge on any atom is -0.491 e. The second kappa shape index (κ2) is 3.24. The van der Waals surface area contributed by atoms with E-state index < -0.39 is 0 Å². The van der Waals surface area contributed by atoms with Crippen molar-refractivity contribution in [3.8, 4) is 5.75 Å². The molecule has 0 bridgehead atoms. The summed E-state index contributed by atoms with van der Waals surface area (Å²) < 4.78 is 5.70. The van der Waals surface area contributed by atoms with Crippen LogP contribution in [0.2, 0.25) is 0 Å². The van der Waals surface area contributed by atoms with Gasteiger partial charge in [0, 0.05) is 11.1 Å². The molecule has 1 aromatic rings. The molecule has 2 N–H and O–H groups in total. The fourth-order valence-electron chi connectivity index (χ4n) is 2.06. The van der Waals surface area contributed by atoms with Crippen LogP contribution in [0.15, 0.2) is 12.1 Å². The first-order chi connectivity index (χ1) is 6.89. The van der Waals surface area contributed by atoms with E-state index in [1.807, 2.05) is 0 Å². The van der Waals surface area contributed by atoms with Gasteiger partial charge in [0.1, 0.15) is 12.4 Å². The molecule has 2 rings (SSSR count). The van der Waals surface area contributed by atoms with E-state index in [4.69, 9.17) is 10.5 Å². The molecule has 1 aromatic carbocycles. The van der Waals surface area contributed by atoms with Gasteiger partial charge >= 0.3 is 0 Å². The average Bonchev–Trinajstić information content (AvgIpc) is 2.45. The molecule has 82 valence electrons. The van der Waals surface area contributed by atoms with Crippen molar-refractivity contribution in [3.63, 3.8) is 0 Å². The van der Waals surface area contributed by atoms with Gasteiger partial charge in [0.2, 0.25) is 0 Å². The highest BCUT2D eigenvalue weighted by atomic mass is 16.5. The summed E-state index contributed by atoms with van der Waals surface area (Å²) in [5, 5.41) is 0. The van der Waals surface area contributed by atoms with Gasteiger partial charge in [-0.2, -0.15) is 0 Å². The van der Waals surface area contributed by atoms with Crippen molar-refractivity contribution in [1.29, 1.82) is 0 Å². The lowest BCUT2D eigenvalue weighted by molar-refractivity contribution is 0.325. The molecule has 15 heavy (non-hydrogen) atoms. The minimum absolute atomic E-state index is 0.0426. The highest BCUT2D eigenvalue weighted by molar-refractivity contribution is 5.51. The van der Waals surface area contributed by atoms with E-state index in [1.165, 1.54) is 16.7 Å². The van der Waals surface area contributed by atoms with Gasteiger partial charge in [0.05, 0.1) is 6.04 Å². The zero-order valence-electron chi connectivity index (χ0n) is 9.92. The van der Waals surface area contributed by atoms with E-state index in [1.54, 1.807) is 0 Å². The van der Waals surface area contributed by atoms with Crippen molar-refractivity contribution >= 4 is 0 Å². The van der Waals surface area contributed by atoms with E-state index >= 15 is 0 Å². The van der Waals surface area contributed by atoms with E-state index in [9.17, 15) is 0 Å². The minimum atomic E-state index is 0.0426. The van der Waals surface area contributed by atoms with Crippen LogP contribution in [0.3, 0.4) is 0 Å². The predicted octanol–water partition coefficient (Wildman–Crippen LogP) is 2.68. The lowest BCUT2D eigenvalue weighted by Gasteiger charge is -2.22. The molecule has 0 spiro atoms. The summed E-state index contributed by atoms with van der Waals surface area (Å²) in [7, 11) is 0. The molecule has 0 aliphatic carbocycles. The number of hydrogen-bond acceptors (Lipinski definition) is 2. The van der Waals surface area contributed by atoms with Crippen molar-refractivity contribution in [1.82, 2.24) is 0 Å². The van der Waals surface area contributed by atoms with Crippen LogP contribution in [0.1, 0.15) is 43.5 Å². The zero-order valence-corrected chi connectivity index (χ0v) is 9.92. The predicted molar refractivity (Wildman–Crippen MR) is 62.3 cm³/mol. The molecule has 0 amide bonds. The molecule has 2 heteroatoms. The summed E-state index contributed by atoms with van der Waals surface area (Å²) in [6.07, 6.45) is 0. The molecule has 1 atom stereocenters. The molecule has 0 aromatic heterocycles. The molecule has 1 aliphatic rings. The molecule has 0 fully saturated rings. The second-order valence-corrected chi connectivity index (χ2v) is 5.40. The Morgan fingerprint density at radius 3 is 2.60 bits per heavy atom. The number of benzene rings is 1. The molecule has 1 unspecified atom stereocenters. The third-order valence-corrected chi connectivity index (χ3v) is 2.88. The van der Waals surface area contributed by atoms with E-state index in [0.717, 1.165) is 5.75 Å². The smallest absolute Gasteiger partial charge is 0.128 e. The maximum absolute atomic E-state index is 6.00. The zero-order chi connectivity index (χ0) is 11.2. The second-order valence-electron chi connectivity index (χ2n) is 5.40. The molecule has 1 heterocycles. The molecular formula is C13H19NO. The number of fused-ring (bicyclic) bond motifs is 1. The largest absolute Gasteiger partial charge is 0.491 e. The summed E-state index contributed by atoms with van der Waals surface area (Å²) in [6.45, 7) is 9.34. The Labute approximate surface area is 91.4 Å². The van der Waals surface area contributed by atoms with Crippen LogP contribution in [-0.2, 0) is 5.41 Å². The van der Waals surface area contributed by atoms with Gasteiger partial charge in [0.15, 0.2) is 0 Å². The van der Waals surface area contributed by atoms with Crippen LogP contribution in [0.4, 0.5) is 0 Å². The lowest BCUT2D eigenvalue weighted by atomic mass is 9.84. The topological polar surface area (TPSA) is 35.2 Å². The van der Waals surface area contributed by atoms with Gasteiger partial charge in [0.25, 0.3) is 0 Å². The molecular weight excluding hydrogens is 186 g/mol. The lowest BCUT2D eigenvalue weighted by Crippen LogP contribution is -2.13. The van der Waals surface area contributed by atoms with Crippen LogP contribution < -0.4 is 10.5 Å². The van der Waals surface area contributed by atoms with Crippen molar-refractivity contribution in [2.75, 3.05) is 6.61 Å². The first kappa shape index (κ1) is 10.5. The molecule has 1 aliphatic heterocycles. The number of aryl methyl sites for hydroxylation is 1. The highest BCUT2D eigenvalue weighted by Gasteiger charge is 2.28. The van der Waals surface area contributed by atoms with E-state index in [0.29, 0.717) is 6.61 Å². The molecule has 0 radical (unpaired) electrons. The molecule has 0 saturated heterocycles. The first-order valence-corrected chi connectivity index (χ1v) is 5.43. The van der Waals surface area contributed by atoms with Gasteiger partial charge in [-0.15, -0.1) is 0 Å². The maximum atomic E-state index is 6.00. The third-order valence-electron chi connectivity index (χ3n) is 2.88. The Morgan fingerprint density at radius 2 is 2.00 bits per heavy atom. The van der Waals surface area contributed by atoms with Crippen LogP contribution >= 0.6 is 0 Å². The van der Waals surface area contributed by atoms with Gasteiger partial charge < -0.3 is 10.5 Å². The van der Waals surface area contributed by atoms with Crippen molar-refractivity contribution in [2.24, 2.45) is 5.73 Å². The number of ether oxygens (including phenoxy) is 1. The fraction of sp³-hybridized carbons (Fsp3) is 0.538. The number of nitrogens with two attached hydrogens (primary N) is 1. The fourth-order valence-corrected chi connectivity index (χ4v) is 2.06. The molecule has 2 nitrogen and oxygen atoms in total. The Bertz CT molecular complexity index is 390. The van der Waals surface area contributed by atoms with Gasteiger partial charge in [-0.3, -0.25) is 0 Å². The van der Waals surface area contributed by atoms with Gasteiger partial charge in [-0.1, -0.05) is 38.5 Å². The monoisotopic (exact) mass is 205 g/mol. The van der Waals surface area contributed by atoms with Crippen molar-refractivity contribution in [2.45, 2.75) is 39.2 Å². The van der Waals surface area contributed by atoms with Crippen molar-refractivity contribution in [3.05, 3.63) is 28.8 Å². The van der Waals surface area contributed by atoms with Gasteiger partial charge in [-0.25, -0.2) is 0 Å². The van der Waals surface area contributed by atoms with E-state index in [-0.39, 0.29) is 11.5 Å². The number of hydrogen-bond donors (Lipinski definition) is 1. The highest BCUT2D eigenvalue weighted by Crippen LogP contribution is 2.40. The van der Waals surface area contributed by atoms with Gasteiger partial charge in [-0.05, 0) is 12.3 Å². The summed E-state index contributed by atoms with van der Waals surface area (Å²) >= 11 is 0. The van der Waals surface area contributed by atoms with Crippen LogP contribution in [0, 0.1) is 6.92 Å². The van der Waals surface area contributed by atoms with Crippen LogP contribution in [-0.4, -0.2) is 6.61 Å². The van der Waals surface area contributed by atoms with Crippen LogP contribution in [0.25, 0.3) is 0 Å².